The average molecular weight is 348 g/mol. The minimum atomic E-state index is -0.287. The number of piperidine rings is 1. The SMILES string of the molecule is CCC1CCCCN1C(=O)CSc1ncc(-c2ccc(F)cc2)o1. The van der Waals surface area contributed by atoms with Crippen molar-refractivity contribution < 1.29 is 13.6 Å². The molecule has 0 bridgehead atoms. The van der Waals surface area contributed by atoms with Crippen LogP contribution in [0.1, 0.15) is 32.6 Å². The maximum absolute atomic E-state index is 13.0. The van der Waals surface area contributed by atoms with Crippen LogP contribution in [0.5, 0.6) is 0 Å². The zero-order valence-corrected chi connectivity index (χ0v) is 14.5. The summed E-state index contributed by atoms with van der Waals surface area (Å²) in [7, 11) is 0. The predicted molar refractivity (Wildman–Crippen MR) is 92.3 cm³/mol. The fraction of sp³-hybridized carbons (Fsp3) is 0.444. The first-order valence-electron chi connectivity index (χ1n) is 8.31. The Hall–Kier alpha value is -1.82. The molecule has 0 N–H and O–H groups in total. The Balaban J connectivity index is 1.59. The molecule has 1 aliphatic rings. The first-order valence-corrected chi connectivity index (χ1v) is 9.30. The van der Waals surface area contributed by atoms with E-state index in [4.69, 9.17) is 4.42 Å². The van der Waals surface area contributed by atoms with Crippen LogP contribution in [0.4, 0.5) is 4.39 Å². The van der Waals surface area contributed by atoms with E-state index in [1.54, 1.807) is 18.3 Å². The number of oxazole rings is 1. The highest BCUT2D eigenvalue weighted by atomic mass is 32.2. The number of carbonyl (C=O) groups excluding carboxylic acids is 1. The second kappa shape index (κ2) is 7.83. The molecule has 1 unspecified atom stereocenters. The number of rotatable bonds is 5. The molecule has 2 heterocycles. The van der Waals surface area contributed by atoms with E-state index in [1.807, 2.05) is 4.90 Å². The van der Waals surface area contributed by atoms with Gasteiger partial charge in [-0.25, -0.2) is 9.37 Å². The van der Waals surface area contributed by atoms with Gasteiger partial charge in [0.1, 0.15) is 5.82 Å². The van der Waals surface area contributed by atoms with Crippen molar-refractivity contribution in [2.24, 2.45) is 0 Å². The Kier molecular flexibility index (Phi) is 5.56. The quantitative estimate of drug-likeness (QED) is 0.753. The molecular weight excluding hydrogens is 327 g/mol. The number of hydrogen-bond donors (Lipinski definition) is 0. The fourth-order valence-corrected chi connectivity index (χ4v) is 3.72. The molecule has 3 rings (SSSR count). The molecular formula is C18H21FN2O2S. The van der Waals surface area contributed by atoms with Crippen LogP contribution in [-0.4, -0.2) is 34.1 Å². The molecule has 128 valence electrons. The molecule has 0 saturated carbocycles. The number of halogens is 1. The van der Waals surface area contributed by atoms with E-state index in [2.05, 4.69) is 11.9 Å². The molecule has 0 aliphatic carbocycles. The van der Waals surface area contributed by atoms with Crippen LogP contribution in [-0.2, 0) is 4.79 Å². The Morgan fingerprint density at radius 2 is 2.17 bits per heavy atom. The molecule has 6 heteroatoms. The van der Waals surface area contributed by atoms with Crippen molar-refractivity contribution in [1.29, 1.82) is 0 Å². The number of aromatic nitrogens is 1. The Labute approximate surface area is 145 Å². The Morgan fingerprint density at radius 1 is 1.38 bits per heavy atom. The lowest BCUT2D eigenvalue weighted by molar-refractivity contribution is -0.132. The number of carbonyl (C=O) groups is 1. The van der Waals surface area contributed by atoms with Gasteiger partial charge in [0.2, 0.25) is 5.91 Å². The lowest BCUT2D eigenvalue weighted by Crippen LogP contribution is -2.44. The predicted octanol–water partition coefficient (Wildman–Crippen LogP) is 4.36. The topological polar surface area (TPSA) is 46.3 Å². The fourth-order valence-electron chi connectivity index (χ4n) is 3.03. The normalized spacial score (nSPS) is 17.9. The van der Waals surface area contributed by atoms with Gasteiger partial charge in [-0.1, -0.05) is 18.7 Å². The van der Waals surface area contributed by atoms with Crippen LogP contribution in [0.25, 0.3) is 11.3 Å². The zero-order valence-electron chi connectivity index (χ0n) is 13.7. The smallest absolute Gasteiger partial charge is 0.256 e. The molecule has 1 aromatic heterocycles. The van der Waals surface area contributed by atoms with E-state index in [0.29, 0.717) is 22.8 Å². The Morgan fingerprint density at radius 3 is 2.92 bits per heavy atom. The van der Waals surface area contributed by atoms with Crippen LogP contribution in [0, 0.1) is 5.82 Å². The van der Waals surface area contributed by atoms with Gasteiger partial charge in [-0.2, -0.15) is 0 Å². The number of amides is 1. The van der Waals surface area contributed by atoms with Crippen LogP contribution >= 0.6 is 11.8 Å². The van der Waals surface area contributed by atoms with Gasteiger partial charge in [-0.3, -0.25) is 4.79 Å². The molecule has 1 aromatic carbocycles. The van der Waals surface area contributed by atoms with Crippen LogP contribution < -0.4 is 0 Å². The van der Waals surface area contributed by atoms with E-state index in [1.165, 1.54) is 30.3 Å². The summed E-state index contributed by atoms with van der Waals surface area (Å²) in [5.74, 6) is 0.771. The zero-order chi connectivity index (χ0) is 16.9. The summed E-state index contributed by atoms with van der Waals surface area (Å²) in [5, 5.41) is 0.465. The van der Waals surface area contributed by atoms with E-state index < -0.39 is 0 Å². The van der Waals surface area contributed by atoms with Crippen molar-refractivity contribution in [2.45, 2.75) is 43.9 Å². The van der Waals surface area contributed by atoms with Crippen molar-refractivity contribution in [3.63, 3.8) is 0 Å². The number of hydrogen-bond acceptors (Lipinski definition) is 4. The number of nitrogens with zero attached hydrogens (tertiary/aromatic N) is 2. The van der Waals surface area contributed by atoms with Gasteiger partial charge in [0.05, 0.1) is 11.9 Å². The third kappa shape index (κ3) is 3.98. The third-order valence-corrected chi connectivity index (χ3v) is 5.18. The summed E-state index contributed by atoms with van der Waals surface area (Å²) in [4.78, 5) is 18.7. The molecule has 1 saturated heterocycles. The molecule has 2 aromatic rings. The standard InChI is InChI=1S/C18H21FN2O2S/c1-2-15-5-3-4-10-21(15)17(22)12-24-18-20-11-16(23-18)13-6-8-14(19)9-7-13/h6-9,11,15H,2-5,10,12H2,1H3. The molecule has 1 fully saturated rings. The maximum atomic E-state index is 13.0. The highest BCUT2D eigenvalue weighted by Gasteiger charge is 2.25. The highest BCUT2D eigenvalue weighted by Crippen LogP contribution is 2.27. The maximum Gasteiger partial charge on any atom is 0.256 e. The van der Waals surface area contributed by atoms with Crippen molar-refractivity contribution in [3.05, 3.63) is 36.3 Å². The van der Waals surface area contributed by atoms with Crippen LogP contribution in [0.2, 0.25) is 0 Å². The van der Waals surface area contributed by atoms with Gasteiger partial charge < -0.3 is 9.32 Å². The second-order valence-electron chi connectivity index (χ2n) is 5.93. The first-order chi connectivity index (χ1) is 11.7. The average Bonchev–Trinajstić information content (AvgIpc) is 3.09. The van der Waals surface area contributed by atoms with Crippen LogP contribution in [0.3, 0.4) is 0 Å². The molecule has 1 amide bonds. The summed E-state index contributed by atoms with van der Waals surface area (Å²) >= 11 is 1.31. The van der Waals surface area contributed by atoms with Gasteiger partial charge in [0, 0.05) is 18.2 Å². The van der Waals surface area contributed by atoms with Crippen molar-refractivity contribution in [1.82, 2.24) is 9.88 Å². The minimum absolute atomic E-state index is 0.146. The summed E-state index contributed by atoms with van der Waals surface area (Å²) in [6.07, 6.45) is 6.00. The lowest BCUT2D eigenvalue weighted by atomic mass is 10.0. The molecule has 0 radical (unpaired) electrons. The summed E-state index contributed by atoms with van der Waals surface area (Å²) in [6, 6.07) is 6.43. The monoisotopic (exact) mass is 348 g/mol. The van der Waals surface area contributed by atoms with Crippen molar-refractivity contribution >= 4 is 17.7 Å². The number of likely N-dealkylation sites (tertiary alicyclic amines) is 1. The minimum Gasteiger partial charge on any atom is -0.431 e. The van der Waals surface area contributed by atoms with E-state index in [9.17, 15) is 9.18 Å². The summed E-state index contributed by atoms with van der Waals surface area (Å²) in [5.41, 5.74) is 0.768. The summed E-state index contributed by atoms with van der Waals surface area (Å²) < 4.78 is 18.6. The van der Waals surface area contributed by atoms with Crippen molar-refractivity contribution in [3.8, 4) is 11.3 Å². The number of benzene rings is 1. The highest BCUT2D eigenvalue weighted by molar-refractivity contribution is 7.99. The van der Waals surface area contributed by atoms with Gasteiger partial charge in [0.15, 0.2) is 5.76 Å². The molecule has 24 heavy (non-hydrogen) atoms. The molecule has 0 spiro atoms. The molecule has 4 nitrogen and oxygen atoms in total. The second-order valence-corrected chi connectivity index (χ2v) is 6.86. The van der Waals surface area contributed by atoms with Crippen molar-refractivity contribution in [2.75, 3.05) is 12.3 Å². The van der Waals surface area contributed by atoms with Gasteiger partial charge in [0.25, 0.3) is 5.22 Å². The first kappa shape index (κ1) is 17.0. The summed E-state index contributed by atoms with van der Waals surface area (Å²) in [6.45, 7) is 2.98. The third-order valence-electron chi connectivity index (χ3n) is 4.35. The van der Waals surface area contributed by atoms with E-state index in [-0.39, 0.29) is 11.7 Å². The molecule has 1 atom stereocenters. The molecule has 1 aliphatic heterocycles. The van der Waals surface area contributed by atoms with Crippen LogP contribution in [0.15, 0.2) is 40.1 Å². The van der Waals surface area contributed by atoms with Gasteiger partial charge >= 0.3 is 0 Å². The van der Waals surface area contributed by atoms with Gasteiger partial charge in [-0.05, 0) is 49.9 Å². The lowest BCUT2D eigenvalue weighted by Gasteiger charge is -2.35. The van der Waals surface area contributed by atoms with E-state index >= 15 is 0 Å². The number of thioether (sulfide) groups is 1. The largest absolute Gasteiger partial charge is 0.431 e. The van der Waals surface area contributed by atoms with Gasteiger partial charge in [-0.15, -0.1) is 0 Å². The van der Waals surface area contributed by atoms with E-state index in [0.717, 1.165) is 31.4 Å². The Bertz CT molecular complexity index is 687.